The van der Waals surface area contributed by atoms with Crippen molar-refractivity contribution in [1.82, 2.24) is 24.7 Å². The number of benzene rings is 1. The lowest BCUT2D eigenvalue weighted by molar-refractivity contribution is 0.414. The number of hydrogen-bond acceptors (Lipinski definition) is 7. The number of fused-ring (bicyclic) bond motifs is 1. The molecule has 140 valence electrons. The van der Waals surface area contributed by atoms with Gasteiger partial charge >= 0.3 is 0 Å². The lowest BCUT2D eigenvalue weighted by Gasteiger charge is -2.05. The van der Waals surface area contributed by atoms with Crippen LogP contribution in [0.5, 0.6) is 5.75 Å². The lowest BCUT2D eigenvalue weighted by Crippen LogP contribution is -1.98. The van der Waals surface area contributed by atoms with E-state index >= 15 is 0 Å². The van der Waals surface area contributed by atoms with Crippen LogP contribution >= 0.6 is 0 Å². The van der Waals surface area contributed by atoms with E-state index in [0.29, 0.717) is 18.0 Å². The Morgan fingerprint density at radius 2 is 1.96 bits per heavy atom. The Hall–Kier alpha value is -3.68. The molecule has 4 rings (SSSR count). The summed E-state index contributed by atoms with van der Waals surface area (Å²) in [5.74, 6) is 1.27. The summed E-state index contributed by atoms with van der Waals surface area (Å²) in [6, 6.07) is 11.5. The van der Waals surface area contributed by atoms with Gasteiger partial charge in [0.05, 0.1) is 30.4 Å². The summed E-state index contributed by atoms with van der Waals surface area (Å²) in [5.41, 5.74) is 3.46. The standard InChI is InChI=1S/C20H19N7O/c1-3-17-18-19(25-24-12-14-7-9-21-10-8-14)22-13-23-20(18)27(26-17)15-5-4-6-16(11-15)28-2/h4-11,13H,3,12H2,1-2H3. The number of nitrogens with zero attached hydrogens (tertiary/aromatic N) is 7. The van der Waals surface area contributed by atoms with Gasteiger partial charge < -0.3 is 4.74 Å². The molecule has 8 heteroatoms. The number of pyridine rings is 1. The van der Waals surface area contributed by atoms with Crippen molar-refractivity contribution < 1.29 is 4.74 Å². The van der Waals surface area contributed by atoms with Crippen LogP contribution in [0.4, 0.5) is 5.82 Å². The van der Waals surface area contributed by atoms with Crippen molar-refractivity contribution in [3.63, 3.8) is 0 Å². The summed E-state index contributed by atoms with van der Waals surface area (Å²) < 4.78 is 7.12. The van der Waals surface area contributed by atoms with Gasteiger partial charge in [-0.05, 0) is 36.2 Å². The van der Waals surface area contributed by atoms with Gasteiger partial charge in [0.25, 0.3) is 0 Å². The van der Waals surface area contributed by atoms with Gasteiger partial charge in [-0.3, -0.25) is 4.98 Å². The van der Waals surface area contributed by atoms with E-state index in [4.69, 9.17) is 9.84 Å². The quantitative estimate of drug-likeness (QED) is 0.475. The van der Waals surface area contributed by atoms with Gasteiger partial charge in [0.15, 0.2) is 11.5 Å². The lowest BCUT2D eigenvalue weighted by atomic mass is 10.2. The molecule has 0 aliphatic heterocycles. The fourth-order valence-corrected chi connectivity index (χ4v) is 2.92. The molecule has 0 atom stereocenters. The predicted molar refractivity (Wildman–Crippen MR) is 105 cm³/mol. The third-order valence-corrected chi connectivity index (χ3v) is 4.32. The van der Waals surface area contributed by atoms with E-state index in [0.717, 1.165) is 34.5 Å². The molecule has 0 saturated carbocycles. The first-order valence-electron chi connectivity index (χ1n) is 8.93. The molecule has 0 fully saturated rings. The number of methoxy groups -OCH3 is 1. The number of ether oxygens (including phenoxy) is 1. The molecule has 8 nitrogen and oxygen atoms in total. The van der Waals surface area contributed by atoms with E-state index < -0.39 is 0 Å². The van der Waals surface area contributed by atoms with Crippen LogP contribution in [-0.2, 0) is 13.0 Å². The van der Waals surface area contributed by atoms with E-state index in [1.165, 1.54) is 6.33 Å². The number of hydrogen-bond donors (Lipinski definition) is 0. The predicted octanol–water partition coefficient (Wildman–Crippen LogP) is 4.07. The zero-order valence-electron chi connectivity index (χ0n) is 15.6. The zero-order chi connectivity index (χ0) is 19.3. The maximum absolute atomic E-state index is 5.33. The van der Waals surface area contributed by atoms with Gasteiger partial charge in [-0.25, -0.2) is 14.6 Å². The smallest absolute Gasteiger partial charge is 0.188 e. The Kier molecular flexibility index (Phi) is 5.01. The second-order valence-electron chi connectivity index (χ2n) is 6.06. The summed E-state index contributed by atoms with van der Waals surface area (Å²) >= 11 is 0. The summed E-state index contributed by atoms with van der Waals surface area (Å²) in [6.07, 6.45) is 5.69. The molecule has 0 unspecified atom stereocenters. The summed E-state index contributed by atoms with van der Waals surface area (Å²) in [7, 11) is 1.64. The molecule has 0 amide bonds. The monoisotopic (exact) mass is 373 g/mol. The molecular formula is C20H19N7O. The third kappa shape index (κ3) is 3.44. The highest BCUT2D eigenvalue weighted by Crippen LogP contribution is 2.29. The van der Waals surface area contributed by atoms with Crippen LogP contribution in [0.1, 0.15) is 18.2 Å². The van der Waals surface area contributed by atoms with Gasteiger partial charge in [0.1, 0.15) is 12.1 Å². The average Bonchev–Trinajstić information content (AvgIpc) is 3.14. The summed E-state index contributed by atoms with van der Waals surface area (Å²) in [4.78, 5) is 12.8. The molecule has 0 aliphatic carbocycles. The first kappa shape index (κ1) is 17.7. The van der Waals surface area contributed by atoms with Gasteiger partial charge in [-0.2, -0.15) is 10.2 Å². The highest BCUT2D eigenvalue weighted by molar-refractivity contribution is 5.88. The van der Waals surface area contributed by atoms with E-state index in [-0.39, 0.29) is 0 Å². The minimum Gasteiger partial charge on any atom is -0.497 e. The summed E-state index contributed by atoms with van der Waals surface area (Å²) in [6.45, 7) is 2.50. The number of azo groups is 1. The fraction of sp³-hybridized carbons (Fsp3) is 0.200. The van der Waals surface area contributed by atoms with Crippen LogP contribution in [0.15, 0.2) is 65.3 Å². The topological polar surface area (TPSA) is 90.4 Å². The van der Waals surface area contributed by atoms with Gasteiger partial charge in [-0.15, -0.1) is 5.11 Å². The highest BCUT2D eigenvalue weighted by Gasteiger charge is 2.17. The molecule has 0 radical (unpaired) electrons. The number of aryl methyl sites for hydroxylation is 1. The van der Waals surface area contributed by atoms with Gasteiger partial charge in [0.2, 0.25) is 0 Å². The number of aromatic nitrogens is 5. The normalized spacial score (nSPS) is 11.4. The van der Waals surface area contributed by atoms with Crippen molar-refractivity contribution in [3.8, 4) is 11.4 Å². The van der Waals surface area contributed by atoms with Gasteiger partial charge in [-0.1, -0.05) is 13.0 Å². The van der Waals surface area contributed by atoms with Crippen LogP contribution in [0.2, 0.25) is 0 Å². The van der Waals surface area contributed by atoms with Crippen molar-refractivity contribution in [1.29, 1.82) is 0 Å². The van der Waals surface area contributed by atoms with Crippen molar-refractivity contribution in [2.24, 2.45) is 10.2 Å². The molecule has 0 saturated heterocycles. The maximum atomic E-state index is 5.33. The molecule has 0 bridgehead atoms. The number of rotatable bonds is 6. The van der Waals surface area contributed by atoms with E-state index in [9.17, 15) is 0 Å². The van der Waals surface area contributed by atoms with E-state index in [1.54, 1.807) is 24.2 Å². The molecule has 1 aromatic carbocycles. The van der Waals surface area contributed by atoms with Crippen LogP contribution in [0, 0.1) is 0 Å². The zero-order valence-corrected chi connectivity index (χ0v) is 15.6. The van der Waals surface area contributed by atoms with Crippen LogP contribution in [0.3, 0.4) is 0 Å². The summed E-state index contributed by atoms with van der Waals surface area (Å²) in [5, 5.41) is 14.2. The molecule has 0 N–H and O–H groups in total. The molecule has 28 heavy (non-hydrogen) atoms. The second-order valence-corrected chi connectivity index (χ2v) is 6.06. The van der Waals surface area contributed by atoms with Crippen LogP contribution in [0.25, 0.3) is 16.7 Å². The van der Waals surface area contributed by atoms with Crippen molar-refractivity contribution >= 4 is 16.9 Å². The Bertz CT molecular complexity index is 1120. The van der Waals surface area contributed by atoms with Crippen LogP contribution in [-0.4, -0.2) is 31.8 Å². The van der Waals surface area contributed by atoms with Gasteiger partial charge in [0, 0.05) is 18.5 Å². The molecule has 0 aliphatic rings. The van der Waals surface area contributed by atoms with E-state index in [2.05, 4.69) is 25.2 Å². The molecular weight excluding hydrogens is 354 g/mol. The Labute approximate surface area is 162 Å². The first-order valence-corrected chi connectivity index (χ1v) is 8.93. The molecule has 0 spiro atoms. The molecule has 3 heterocycles. The van der Waals surface area contributed by atoms with Crippen LogP contribution < -0.4 is 4.74 Å². The fourth-order valence-electron chi connectivity index (χ4n) is 2.92. The Morgan fingerprint density at radius 1 is 1.11 bits per heavy atom. The Morgan fingerprint density at radius 3 is 2.75 bits per heavy atom. The Balaban J connectivity index is 1.76. The maximum Gasteiger partial charge on any atom is 0.188 e. The minimum absolute atomic E-state index is 0.458. The first-order chi connectivity index (χ1) is 13.8. The highest BCUT2D eigenvalue weighted by atomic mass is 16.5. The van der Waals surface area contributed by atoms with Crippen molar-refractivity contribution in [3.05, 3.63) is 66.4 Å². The minimum atomic E-state index is 0.458. The van der Waals surface area contributed by atoms with Crippen molar-refractivity contribution in [2.75, 3.05) is 7.11 Å². The average molecular weight is 373 g/mol. The van der Waals surface area contributed by atoms with Crippen molar-refractivity contribution in [2.45, 2.75) is 19.9 Å². The molecule has 3 aromatic heterocycles. The van der Waals surface area contributed by atoms with E-state index in [1.807, 2.05) is 43.3 Å². The largest absolute Gasteiger partial charge is 0.497 e. The molecule has 4 aromatic rings. The third-order valence-electron chi connectivity index (χ3n) is 4.32. The SMILES string of the molecule is CCc1nn(-c2cccc(OC)c2)c2ncnc(N=NCc3ccncc3)c12. The second kappa shape index (κ2) is 7.91.